The minimum atomic E-state index is -0.747. The summed E-state index contributed by atoms with van der Waals surface area (Å²) >= 11 is 0. The molecule has 0 fully saturated rings. The van der Waals surface area contributed by atoms with Gasteiger partial charge in [-0.05, 0) is 30.0 Å². The zero-order valence-corrected chi connectivity index (χ0v) is 13.7. The number of para-hydroxylation sites is 1. The maximum atomic E-state index is 12.2. The normalized spacial score (nSPS) is 10.4. The highest BCUT2D eigenvalue weighted by Gasteiger charge is 2.16. The third-order valence-electron chi connectivity index (χ3n) is 3.87. The molecular formula is C20H17NO4. The molecule has 0 aliphatic heterocycles. The van der Waals surface area contributed by atoms with E-state index in [9.17, 15) is 14.7 Å². The zero-order valence-electron chi connectivity index (χ0n) is 13.7. The molecule has 5 heteroatoms. The van der Waals surface area contributed by atoms with E-state index >= 15 is 0 Å². The van der Waals surface area contributed by atoms with Crippen molar-refractivity contribution in [2.75, 3.05) is 11.9 Å². The summed E-state index contributed by atoms with van der Waals surface area (Å²) in [6.45, 7) is 1.44. The van der Waals surface area contributed by atoms with Crippen LogP contribution in [0.1, 0.15) is 15.9 Å². The molecule has 0 aromatic heterocycles. The van der Waals surface area contributed by atoms with E-state index in [1.165, 1.54) is 6.07 Å². The molecule has 0 saturated carbocycles. The lowest BCUT2D eigenvalue weighted by atomic mass is 10.1. The van der Waals surface area contributed by atoms with Gasteiger partial charge in [-0.2, -0.15) is 0 Å². The van der Waals surface area contributed by atoms with E-state index in [0.29, 0.717) is 11.1 Å². The third-order valence-corrected chi connectivity index (χ3v) is 3.87. The second-order valence-electron chi connectivity index (χ2n) is 5.62. The van der Waals surface area contributed by atoms with Gasteiger partial charge < -0.3 is 15.2 Å². The number of ether oxygens (including phenoxy) is 1. The molecule has 5 nitrogen and oxygen atoms in total. The number of carbonyl (C=O) groups is 2. The van der Waals surface area contributed by atoms with Crippen LogP contribution in [0.3, 0.4) is 0 Å². The van der Waals surface area contributed by atoms with E-state index < -0.39 is 18.5 Å². The summed E-state index contributed by atoms with van der Waals surface area (Å²) in [6, 6.07) is 17.7. The topological polar surface area (TPSA) is 75.6 Å². The second kappa shape index (κ2) is 7.05. The average molecular weight is 335 g/mol. The van der Waals surface area contributed by atoms with Crippen molar-refractivity contribution in [1.29, 1.82) is 0 Å². The Bertz CT molecular complexity index is 949. The number of amides is 1. The number of anilines is 1. The lowest BCUT2D eigenvalue weighted by molar-refractivity contribution is -0.119. The van der Waals surface area contributed by atoms with E-state index in [4.69, 9.17) is 4.74 Å². The molecule has 0 radical (unpaired) electrons. The molecule has 3 aromatic rings. The van der Waals surface area contributed by atoms with Crippen molar-refractivity contribution in [2.45, 2.75) is 6.92 Å². The largest absolute Gasteiger partial charge is 0.506 e. The van der Waals surface area contributed by atoms with Gasteiger partial charge in [0, 0.05) is 11.1 Å². The van der Waals surface area contributed by atoms with Gasteiger partial charge in [-0.1, -0.05) is 48.5 Å². The molecule has 3 aromatic carbocycles. The molecular weight excluding hydrogens is 318 g/mol. The van der Waals surface area contributed by atoms with Crippen molar-refractivity contribution in [2.24, 2.45) is 0 Å². The van der Waals surface area contributed by atoms with Crippen LogP contribution in [0.2, 0.25) is 0 Å². The minimum Gasteiger partial charge on any atom is -0.506 e. The molecule has 25 heavy (non-hydrogen) atoms. The van der Waals surface area contributed by atoms with Crippen molar-refractivity contribution in [1.82, 2.24) is 0 Å². The number of rotatable bonds is 4. The lowest BCUT2D eigenvalue weighted by Crippen LogP contribution is -2.21. The van der Waals surface area contributed by atoms with Gasteiger partial charge in [0.1, 0.15) is 11.3 Å². The first-order valence-corrected chi connectivity index (χ1v) is 7.79. The van der Waals surface area contributed by atoms with Gasteiger partial charge in [-0.25, -0.2) is 4.79 Å². The first kappa shape index (κ1) is 16.5. The second-order valence-corrected chi connectivity index (χ2v) is 5.62. The molecule has 0 bridgehead atoms. The number of carbonyl (C=O) groups excluding carboxylic acids is 2. The zero-order chi connectivity index (χ0) is 17.8. The summed E-state index contributed by atoms with van der Waals surface area (Å²) in [5, 5.41) is 14.3. The fourth-order valence-electron chi connectivity index (χ4n) is 2.53. The Labute approximate surface area is 144 Å². The van der Waals surface area contributed by atoms with E-state index in [-0.39, 0.29) is 11.3 Å². The summed E-state index contributed by atoms with van der Waals surface area (Å²) in [6.07, 6.45) is 0. The van der Waals surface area contributed by atoms with Gasteiger partial charge in [-0.3, -0.25) is 4.79 Å². The van der Waals surface area contributed by atoms with E-state index in [1.54, 1.807) is 24.3 Å². The molecule has 0 aliphatic rings. The van der Waals surface area contributed by atoms with E-state index in [1.807, 2.05) is 37.3 Å². The van der Waals surface area contributed by atoms with Crippen LogP contribution in [-0.2, 0) is 9.53 Å². The smallest absolute Gasteiger partial charge is 0.342 e. The number of nitrogens with one attached hydrogen (secondary N) is 1. The van der Waals surface area contributed by atoms with Crippen LogP contribution < -0.4 is 5.32 Å². The van der Waals surface area contributed by atoms with Crippen LogP contribution in [-0.4, -0.2) is 23.6 Å². The monoisotopic (exact) mass is 335 g/mol. The van der Waals surface area contributed by atoms with Crippen molar-refractivity contribution < 1.29 is 19.4 Å². The maximum absolute atomic E-state index is 12.2. The number of hydrogen-bond acceptors (Lipinski definition) is 4. The Kier molecular flexibility index (Phi) is 4.66. The Morgan fingerprint density at radius 3 is 2.52 bits per heavy atom. The summed E-state index contributed by atoms with van der Waals surface area (Å²) in [4.78, 5) is 24.1. The van der Waals surface area contributed by atoms with Crippen LogP contribution in [0.25, 0.3) is 10.8 Å². The van der Waals surface area contributed by atoms with Gasteiger partial charge in [0.25, 0.3) is 5.91 Å². The highest BCUT2D eigenvalue weighted by Crippen LogP contribution is 2.29. The number of aryl methyl sites for hydroxylation is 1. The summed E-state index contributed by atoms with van der Waals surface area (Å²) in [5.41, 5.74) is 1.61. The van der Waals surface area contributed by atoms with Gasteiger partial charge in [0.15, 0.2) is 6.61 Å². The molecule has 0 atom stereocenters. The summed E-state index contributed by atoms with van der Waals surface area (Å²) in [5.74, 6) is -1.34. The van der Waals surface area contributed by atoms with Crippen molar-refractivity contribution in [3.05, 3.63) is 71.8 Å². The molecule has 1 amide bonds. The Hall–Kier alpha value is -3.34. The number of fused-ring (bicyclic) bond motifs is 1. The molecule has 0 saturated heterocycles. The predicted molar refractivity (Wildman–Crippen MR) is 95.7 cm³/mol. The fraction of sp³-hybridized carbons (Fsp3) is 0.100. The molecule has 2 N–H and O–H groups in total. The van der Waals surface area contributed by atoms with E-state index in [2.05, 4.69) is 5.32 Å². The van der Waals surface area contributed by atoms with Crippen molar-refractivity contribution in [3.63, 3.8) is 0 Å². The maximum Gasteiger partial charge on any atom is 0.342 e. The lowest BCUT2D eigenvalue weighted by Gasteiger charge is -2.10. The molecule has 0 heterocycles. The van der Waals surface area contributed by atoms with E-state index in [0.717, 1.165) is 10.9 Å². The minimum absolute atomic E-state index is 0.0300. The number of phenols is 1. The highest BCUT2D eigenvalue weighted by atomic mass is 16.5. The van der Waals surface area contributed by atoms with Crippen LogP contribution in [0.4, 0.5) is 5.69 Å². The predicted octanol–water partition coefficient (Wildman–Crippen LogP) is 3.65. The van der Waals surface area contributed by atoms with Gasteiger partial charge in [0.2, 0.25) is 0 Å². The molecule has 0 aliphatic carbocycles. The summed E-state index contributed by atoms with van der Waals surface area (Å²) < 4.78 is 5.02. The standard InChI is InChI=1S/C20H17NO4/c1-13-6-2-5-9-17(13)21-18(22)12-25-20(24)16-11-10-14-7-3-4-8-15(14)19(16)23/h2-11,23H,12H2,1H3,(H,21,22). The first-order chi connectivity index (χ1) is 12.1. The van der Waals surface area contributed by atoms with Crippen LogP contribution in [0.5, 0.6) is 5.75 Å². The first-order valence-electron chi connectivity index (χ1n) is 7.79. The molecule has 0 unspecified atom stereocenters. The van der Waals surface area contributed by atoms with Crippen LogP contribution in [0, 0.1) is 6.92 Å². The molecule has 0 spiro atoms. The summed E-state index contributed by atoms with van der Waals surface area (Å²) in [7, 11) is 0. The number of aromatic hydroxyl groups is 1. The Morgan fingerprint density at radius 1 is 1.00 bits per heavy atom. The van der Waals surface area contributed by atoms with Gasteiger partial charge >= 0.3 is 5.97 Å². The molecule has 3 rings (SSSR count). The Balaban J connectivity index is 1.68. The fourth-order valence-corrected chi connectivity index (χ4v) is 2.53. The number of esters is 1. The van der Waals surface area contributed by atoms with Gasteiger partial charge in [-0.15, -0.1) is 0 Å². The van der Waals surface area contributed by atoms with Crippen LogP contribution >= 0.6 is 0 Å². The number of phenolic OH excluding ortho intramolecular Hbond substituents is 1. The third kappa shape index (κ3) is 3.61. The molecule has 126 valence electrons. The van der Waals surface area contributed by atoms with Crippen molar-refractivity contribution >= 4 is 28.3 Å². The number of benzene rings is 3. The number of hydrogen-bond donors (Lipinski definition) is 2. The average Bonchev–Trinajstić information content (AvgIpc) is 2.62. The Morgan fingerprint density at radius 2 is 1.72 bits per heavy atom. The van der Waals surface area contributed by atoms with Crippen molar-refractivity contribution in [3.8, 4) is 5.75 Å². The quantitative estimate of drug-likeness (QED) is 0.714. The SMILES string of the molecule is Cc1ccccc1NC(=O)COC(=O)c1ccc2ccccc2c1O. The van der Waals surface area contributed by atoms with Crippen LogP contribution in [0.15, 0.2) is 60.7 Å². The highest BCUT2D eigenvalue weighted by molar-refractivity contribution is 6.02. The van der Waals surface area contributed by atoms with Gasteiger partial charge in [0.05, 0.1) is 0 Å².